The molecule has 68 valence electrons. The molecule has 10 heteroatoms. The molecule has 0 fully saturated rings. The third-order valence-electron chi connectivity index (χ3n) is 0. The van der Waals surface area contributed by atoms with Crippen LogP contribution in [0.5, 0.6) is 0 Å². The van der Waals surface area contributed by atoms with Gasteiger partial charge >= 0.3 is 0 Å². The van der Waals surface area contributed by atoms with Crippen LogP contribution in [0.1, 0.15) is 0 Å². The van der Waals surface area contributed by atoms with Gasteiger partial charge in [0.05, 0.1) is 0 Å². The van der Waals surface area contributed by atoms with Crippen LogP contribution in [-0.2, 0) is 82.2 Å². The number of rotatable bonds is 0. The van der Waals surface area contributed by atoms with Crippen molar-refractivity contribution in [1.29, 1.82) is 0 Å². The maximum absolute atomic E-state index is 0. The van der Waals surface area contributed by atoms with Crippen molar-refractivity contribution in [3.8, 4) is 0 Å². The minimum Gasteiger partial charge on any atom is -0.412 e. The van der Waals surface area contributed by atoms with E-state index in [0.717, 1.165) is 0 Å². The van der Waals surface area contributed by atoms with Crippen molar-refractivity contribution in [3.05, 3.63) is 0 Å². The molecule has 0 radical (unpaired) electrons. The molecule has 0 bridgehead atoms. The Labute approximate surface area is 114 Å². The van der Waals surface area contributed by atoms with Gasteiger partial charge in [0.15, 0.2) is 0 Å². The van der Waals surface area contributed by atoms with Crippen molar-refractivity contribution >= 4 is 0 Å². The smallest absolute Gasteiger partial charge is 0 e. The van der Waals surface area contributed by atoms with Gasteiger partial charge in [0.25, 0.3) is 0 Å². The fourth-order valence-corrected chi connectivity index (χ4v) is 0. The van der Waals surface area contributed by atoms with Crippen LogP contribution >= 0.6 is 0 Å². The summed E-state index contributed by atoms with van der Waals surface area (Å²) in [5, 5.41) is 0. The molecule has 0 amide bonds. The number of hydrogen-bond donors (Lipinski definition) is 0. The van der Waals surface area contributed by atoms with Gasteiger partial charge in [0.2, 0.25) is 0 Å². The summed E-state index contributed by atoms with van der Waals surface area (Å²) in [6, 6.07) is 0. The minimum atomic E-state index is 0. The molecule has 0 spiro atoms. The summed E-state index contributed by atoms with van der Waals surface area (Å²) in [5.74, 6) is 0. The molecule has 0 aromatic carbocycles. The summed E-state index contributed by atoms with van der Waals surface area (Å²) >= 11 is 0. The van der Waals surface area contributed by atoms with Crippen molar-refractivity contribution in [2.24, 2.45) is 0 Å². The van der Waals surface area contributed by atoms with E-state index in [4.69, 9.17) is 0 Å². The monoisotopic (exact) mass is 308 g/mol. The summed E-state index contributed by atoms with van der Waals surface area (Å²) in [4.78, 5) is 0. The molecule has 0 aliphatic rings. The van der Waals surface area contributed by atoms with Crippen molar-refractivity contribution < 1.29 is 115 Å². The molecule has 0 saturated heterocycles. The predicted molar refractivity (Wildman–Crippen MR) is 21.7 cm³/mol. The minimum absolute atomic E-state index is 0. The quantitative estimate of drug-likeness (QED) is 0.388. The Balaban J connectivity index is 0. The van der Waals surface area contributed by atoms with E-state index in [-0.39, 0.29) is 115 Å². The molecule has 0 aliphatic carbocycles. The first kappa shape index (κ1) is 276. The second kappa shape index (κ2) is 211. The van der Waals surface area contributed by atoms with Crippen LogP contribution in [-0.4, -0.2) is 32.9 Å². The molecule has 0 saturated carbocycles. The molecule has 0 aliphatic heterocycles. The van der Waals surface area contributed by atoms with E-state index in [1.54, 1.807) is 0 Å². The first-order valence-electron chi connectivity index (χ1n) is 0. The van der Waals surface area contributed by atoms with E-state index in [1.807, 2.05) is 0 Å². The molecular weight excluding hydrogens is 295 g/mol. The number of hydrogen-bond acceptors (Lipinski definition) is 0. The SMILES string of the molecule is O.O.O.O.O.O.[Fe].[Ti].[Ti].[Ti]. The third-order valence-corrected chi connectivity index (χ3v) is 0. The van der Waals surface area contributed by atoms with Crippen molar-refractivity contribution in [3.63, 3.8) is 0 Å². The standard InChI is InChI=1S/Fe.6H2O.3Ti/h;6*1H2;;;. The second-order valence-corrected chi connectivity index (χ2v) is 0. The van der Waals surface area contributed by atoms with Gasteiger partial charge in [-0.1, -0.05) is 0 Å². The molecule has 0 atom stereocenters. The van der Waals surface area contributed by atoms with E-state index in [1.165, 1.54) is 0 Å². The fourth-order valence-electron chi connectivity index (χ4n) is 0. The Kier molecular flexibility index (Phi) is 5840. The zero-order chi connectivity index (χ0) is 0. The molecule has 0 rings (SSSR count). The Morgan fingerprint density at radius 2 is 0.300 bits per heavy atom. The Hall–Kier alpha value is 2.42. The molecule has 0 unspecified atom stereocenters. The summed E-state index contributed by atoms with van der Waals surface area (Å²) in [5.41, 5.74) is 0. The average Bonchev–Trinajstić information content (AvgIpc) is 0. The Morgan fingerprint density at radius 3 is 0.300 bits per heavy atom. The van der Waals surface area contributed by atoms with Gasteiger partial charge in [-0.25, -0.2) is 0 Å². The molecule has 0 heterocycles. The van der Waals surface area contributed by atoms with Crippen LogP contribution in [0.4, 0.5) is 0 Å². The van der Waals surface area contributed by atoms with E-state index >= 15 is 0 Å². The van der Waals surface area contributed by atoms with Crippen molar-refractivity contribution in [2.45, 2.75) is 0 Å². The van der Waals surface area contributed by atoms with Crippen LogP contribution in [0.25, 0.3) is 0 Å². The summed E-state index contributed by atoms with van der Waals surface area (Å²) < 4.78 is 0. The Bertz CT molecular complexity index is 13.0. The van der Waals surface area contributed by atoms with Gasteiger partial charge in [-0.05, 0) is 0 Å². The summed E-state index contributed by atoms with van der Waals surface area (Å²) in [6.45, 7) is 0. The third kappa shape index (κ3) is 158. The fraction of sp³-hybridized carbons (Fsp3) is 0. The largest absolute Gasteiger partial charge is 0.412 e. The van der Waals surface area contributed by atoms with Crippen LogP contribution in [0.2, 0.25) is 0 Å². The van der Waals surface area contributed by atoms with Crippen LogP contribution in [0.3, 0.4) is 0 Å². The summed E-state index contributed by atoms with van der Waals surface area (Å²) in [7, 11) is 0. The van der Waals surface area contributed by atoms with Gasteiger partial charge in [-0.2, -0.15) is 0 Å². The molecule has 12 N–H and O–H groups in total. The normalized spacial score (nSPS) is 0. The van der Waals surface area contributed by atoms with Gasteiger partial charge in [0, 0.05) is 82.2 Å². The first-order valence-corrected chi connectivity index (χ1v) is 0. The molecule has 6 nitrogen and oxygen atoms in total. The first-order chi connectivity index (χ1) is 0. The van der Waals surface area contributed by atoms with Gasteiger partial charge in [-0.3, -0.25) is 0 Å². The van der Waals surface area contributed by atoms with Crippen LogP contribution in [0.15, 0.2) is 0 Å². The van der Waals surface area contributed by atoms with Crippen molar-refractivity contribution in [1.82, 2.24) is 0 Å². The zero-order valence-corrected chi connectivity index (χ0v) is 10.6. The van der Waals surface area contributed by atoms with E-state index in [0.29, 0.717) is 0 Å². The maximum atomic E-state index is 0. The van der Waals surface area contributed by atoms with E-state index in [9.17, 15) is 0 Å². The summed E-state index contributed by atoms with van der Waals surface area (Å²) in [6.07, 6.45) is 0. The van der Waals surface area contributed by atoms with Crippen molar-refractivity contribution in [2.75, 3.05) is 0 Å². The maximum Gasteiger partial charge on any atom is 0 e. The van der Waals surface area contributed by atoms with E-state index < -0.39 is 0 Å². The van der Waals surface area contributed by atoms with Gasteiger partial charge in [-0.15, -0.1) is 0 Å². The predicted octanol–water partition coefficient (Wildman–Crippen LogP) is -4.96. The topological polar surface area (TPSA) is 189 Å². The second-order valence-electron chi connectivity index (χ2n) is 0. The van der Waals surface area contributed by atoms with Crippen LogP contribution < -0.4 is 0 Å². The molecule has 0 aromatic rings. The van der Waals surface area contributed by atoms with E-state index in [2.05, 4.69) is 0 Å². The molecule has 10 heavy (non-hydrogen) atoms. The molecule has 0 aromatic heterocycles. The molecular formula is H12FeO6Ti3. The van der Waals surface area contributed by atoms with Gasteiger partial charge < -0.3 is 32.9 Å². The zero-order valence-electron chi connectivity index (χ0n) is 4.85. The average molecular weight is 308 g/mol. The Morgan fingerprint density at radius 1 is 0.300 bits per heavy atom. The van der Waals surface area contributed by atoms with Gasteiger partial charge in [0.1, 0.15) is 0 Å². The van der Waals surface area contributed by atoms with Crippen LogP contribution in [0, 0.1) is 0 Å².